The SMILES string of the molecule is [Hf].[La].[PbH2].[SnH2]. The van der Waals surface area contributed by atoms with Gasteiger partial charge in [0.2, 0.25) is 0 Å². The van der Waals surface area contributed by atoms with Gasteiger partial charge in [-0.1, -0.05) is 0 Å². The molecule has 0 aliphatic carbocycles. The van der Waals surface area contributed by atoms with Crippen molar-refractivity contribution in [1.82, 2.24) is 0 Å². The van der Waals surface area contributed by atoms with Gasteiger partial charge in [0.05, 0.1) is 0 Å². The second-order valence-electron chi connectivity index (χ2n) is 0. The summed E-state index contributed by atoms with van der Waals surface area (Å²) >= 11 is 0. The van der Waals surface area contributed by atoms with E-state index in [1.807, 2.05) is 0 Å². The summed E-state index contributed by atoms with van der Waals surface area (Å²) in [5, 5.41) is 0. The summed E-state index contributed by atoms with van der Waals surface area (Å²) in [6.45, 7) is 0. The van der Waals surface area contributed by atoms with Crippen LogP contribution in [0.2, 0.25) is 0 Å². The molecule has 4 heteroatoms. The average Bonchev–Trinajstić information content (AvgIpc) is 0. The Morgan fingerprint density at radius 2 is 1.00 bits per heavy atom. The molecular weight excluding hydrogens is 643 g/mol. The van der Waals surface area contributed by atoms with Crippen LogP contribution in [0, 0.1) is 35.6 Å². The van der Waals surface area contributed by atoms with Crippen molar-refractivity contribution >= 4 is 51.2 Å². The summed E-state index contributed by atoms with van der Waals surface area (Å²) in [4.78, 5) is 0. The average molecular weight is 647 g/mol. The third-order valence-electron chi connectivity index (χ3n) is 0. The molecule has 0 aromatic carbocycles. The summed E-state index contributed by atoms with van der Waals surface area (Å²) in [6.07, 6.45) is 0. The van der Waals surface area contributed by atoms with Crippen molar-refractivity contribution in [2.75, 3.05) is 0 Å². The summed E-state index contributed by atoms with van der Waals surface area (Å²) < 4.78 is 0. The minimum absolute atomic E-state index is 0. The van der Waals surface area contributed by atoms with Gasteiger partial charge in [-0.2, -0.15) is 0 Å². The van der Waals surface area contributed by atoms with E-state index < -0.39 is 0 Å². The predicted molar refractivity (Wildman–Crippen MR) is 17.1 cm³/mol. The molecule has 0 heterocycles. The number of hydrogen-bond acceptors (Lipinski definition) is 0. The maximum absolute atomic E-state index is 0. The second kappa shape index (κ2) is 15.8. The van der Waals surface area contributed by atoms with E-state index in [4.69, 9.17) is 0 Å². The van der Waals surface area contributed by atoms with E-state index in [0.717, 1.165) is 0 Å². The van der Waals surface area contributed by atoms with Crippen molar-refractivity contribution in [3.63, 3.8) is 0 Å². The molecule has 0 aliphatic heterocycles. The minimum atomic E-state index is 0. The van der Waals surface area contributed by atoms with Crippen LogP contribution >= 0.6 is 0 Å². The molecule has 0 saturated carbocycles. The van der Waals surface area contributed by atoms with Gasteiger partial charge in [-0.15, -0.1) is 0 Å². The molecule has 0 aromatic rings. The van der Waals surface area contributed by atoms with Gasteiger partial charge in [0.15, 0.2) is 0 Å². The summed E-state index contributed by atoms with van der Waals surface area (Å²) in [7, 11) is 0. The molecule has 4 heavy (non-hydrogen) atoms. The van der Waals surface area contributed by atoms with Gasteiger partial charge in [0.25, 0.3) is 0 Å². The van der Waals surface area contributed by atoms with E-state index in [2.05, 4.69) is 0 Å². The number of hydrogen-bond donors (Lipinski definition) is 0. The summed E-state index contributed by atoms with van der Waals surface area (Å²) in [6, 6.07) is 0. The standard InChI is InChI=1S/Hf.La.Pb.Sn.4H. The third kappa shape index (κ3) is 9.25. The molecule has 0 bridgehead atoms. The first-order chi connectivity index (χ1) is 0. The molecule has 0 rings (SSSR count). The van der Waals surface area contributed by atoms with Crippen LogP contribution in [-0.4, -0.2) is 51.2 Å². The van der Waals surface area contributed by atoms with Crippen LogP contribution in [0.1, 0.15) is 0 Å². The fourth-order valence-corrected chi connectivity index (χ4v) is 0. The molecule has 19 valence electrons. The van der Waals surface area contributed by atoms with Gasteiger partial charge in [-0.05, 0) is 0 Å². The van der Waals surface area contributed by atoms with Crippen LogP contribution in [0.3, 0.4) is 0 Å². The van der Waals surface area contributed by atoms with Crippen LogP contribution in [0.25, 0.3) is 0 Å². The Bertz CT molecular complexity index is 8.00. The molecular formula is H4HfLaPbSn. The molecule has 0 amide bonds. The second-order valence-corrected chi connectivity index (χ2v) is 0. The van der Waals surface area contributed by atoms with Crippen LogP contribution in [0.15, 0.2) is 0 Å². The Balaban J connectivity index is 0. The maximum atomic E-state index is 0. The first kappa shape index (κ1) is 25.0. The Labute approximate surface area is 110 Å². The summed E-state index contributed by atoms with van der Waals surface area (Å²) in [5.41, 5.74) is 0. The molecule has 0 N–H and O–H groups in total. The van der Waals surface area contributed by atoms with Gasteiger partial charge in [-0.25, -0.2) is 0 Å². The molecule has 0 atom stereocenters. The molecule has 0 aliphatic rings. The Morgan fingerprint density at radius 1 is 1.00 bits per heavy atom. The van der Waals surface area contributed by atoms with E-state index in [9.17, 15) is 0 Å². The van der Waals surface area contributed by atoms with Crippen molar-refractivity contribution in [3.05, 3.63) is 0 Å². The molecule has 0 unspecified atom stereocenters. The first-order valence-corrected chi connectivity index (χ1v) is 0. The zero-order chi connectivity index (χ0) is 0. The van der Waals surface area contributed by atoms with Gasteiger partial charge < -0.3 is 0 Å². The van der Waals surface area contributed by atoms with Crippen LogP contribution < -0.4 is 0 Å². The molecule has 0 aromatic heterocycles. The van der Waals surface area contributed by atoms with Crippen molar-refractivity contribution in [1.29, 1.82) is 0 Å². The quantitative estimate of drug-likeness (QED) is 0.272. The van der Waals surface area contributed by atoms with Crippen LogP contribution in [-0.2, 0) is 25.8 Å². The van der Waals surface area contributed by atoms with Gasteiger partial charge >= 0.3 is 51.2 Å². The van der Waals surface area contributed by atoms with Crippen LogP contribution in [0.5, 0.6) is 0 Å². The van der Waals surface area contributed by atoms with Crippen molar-refractivity contribution in [2.24, 2.45) is 0 Å². The molecule has 0 nitrogen and oxygen atoms in total. The molecule has 0 saturated heterocycles. The molecule has 0 spiro atoms. The topological polar surface area (TPSA) is 0 Å². The predicted octanol–water partition coefficient (Wildman–Crippen LogP) is -1.83. The van der Waals surface area contributed by atoms with E-state index in [1.54, 1.807) is 0 Å². The Kier molecular flexibility index (Phi) is 99.1. The van der Waals surface area contributed by atoms with Crippen molar-refractivity contribution in [2.45, 2.75) is 0 Å². The van der Waals surface area contributed by atoms with Gasteiger partial charge in [0.1, 0.15) is 0 Å². The van der Waals surface area contributed by atoms with Crippen molar-refractivity contribution < 1.29 is 61.4 Å². The van der Waals surface area contributed by atoms with E-state index in [1.165, 1.54) is 0 Å². The van der Waals surface area contributed by atoms with Crippen molar-refractivity contribution in [3.8, 4) is 0 Å². The first-order valence-electron chi connectivity index (χ1n) is 0. The van der Waals surface area contributed by atoms with Gasteiger partial charge in [0, 0.05) is 61.4 Å². The molecule has 5 radical (unpaired) electrons. The van der Waals surface area contributed by atoms with Crippen LogP contribution in [0.4, 0.5) is 0 Å². The fourth-order valence-electron chi connectivity index (χ4n) is 0. The van der Waals surface area contributed by atoms with E-state index >= 15 is 0 Å². The van der Waals surface area contributed by atoms with E-state index in [0.29, 0.717) is 0 Å². The van der Waals surface area contributed by atoms with Gasteiger partial charge in [-0.3, -0.25) is 0 Å². The zero-order valence-corrected chi connectivity index (χ0v) is 19.2. The Hall–Kier alpha value is 3.79. The molecule has 0 fully saturated rings. The van der Waals surface area contributed by atoms with E-state index in [-0.39, 0.29) is 113 Å². The Morgan fingerprint density at radius 3 is 1.00 bits per heavy atom. The summed E-state index contributed by atoms with van der Waals surface area (Å²) in [5.74, 6) is 0. The normalized spacial score (nSPS) is 0. The monoisotopic (exact) mass is 651 g/mol. The number of rotatable bonds is 0. The zero-order valence-electron chi connectivity index (χ0n) is 2.49. The fraction of sp³-hybridized carbons (Fsp3) is 0. The third-order valence-corrected chi connectivity index (χ3v) is 0.